The van der Waals surface area contributed by atoms with Crippen LogP contribution in [0.15, 0.2) is 54.1 Å². The van der Waals surface area contributed by atoms with Gasteiger partial charge in [-0.2, -0.15) is 0 Å². The molecule has 0 aromatic heterocycles. The number of anilines is 1. The van der Waals surface area contributed by atoms with Crippen molar-refractivity contribution in [2.24, 2.45) is 0 Å². The maximum absolute atomic E-state index is 14.3. The summed E-state index contributed by atoms with van der Waals surface area (Å²) in [5.41, 5.74) is 2.58. The van der Waals surface area contributed by atoms with Crippen LogP contribution in [0.4, 0.5) is 5.69 Å². The van der Waals surface area contributed by atoms with E-state index in [-0.39, 0.29) is 24.2 Å². The van der Waals surface area contributed by atoms with Crippen LogP contribution in [0.1, 0.15) is 50.2 Å². The zero-order chi connectivity index (χ0) is 26.9. The molecule has 2 amide bonds. The molecule has 0 bridgehead atoms. The molecule has 2 fully saturated rings. The topological polar surface area (TPSA) is 61.9 Å². The van der Waals surface area contributed by atoms with Crippen molar-refractivity contribution in [2.75, 3.05) is 44.7 Å². The highest BCUT2D eigenvalue weighted by Gasteiger charge is 2.63. The number of benzene rings is 2. The average molecular weight is 557 g/mol. The van der Waals surface area contributed by atoms with Gasteiger partial charge in [-0.1, -0.05) is 60.0 Å². The van der Waals surface area contributed by atoms with Crippen LogP contribution >= 0.6 is 23.2 Å². The first-order valence-corrected chi connectivity index (χ1v) is 14.3. The number of likely N-dealkylation sites (tertiary alicyclic amines) is 1. The summed E-state index contributed by atoms with van der Waals surface area (Å²) in [5.74, 6) is -0.406. The summed E-state index contributed by atoms with van der Waals surface area (Å²) in [7, 11) is 0. The van der Waals surface area contributed by atoms with Crippen molar-refractivity contribution in [3.05, 3.63) is 75.3 Å². The quantitative estimate of drug-likeness (QED) is 0.448. The number of piperidine rings is 1. The molecule has 38 heavy (non-hydrogen) atoms. The third-order valence-corrected chi connectivity index (χ3v) is 8.87. The van der Waals surface area contributed by atoms with Crippen molar-refractivity contribution < 1.29 is 14.3 Å². The number of halogens is 2. The Labute approximate surface area is 234 Å². The molecule has 0 aliphatic carbocycles. The van der Waals surface area contributed by atoms with Gasteiger partial charge in [-0.15, -0.1) is 0 Å². The number of nitrogens with zero attached hydrogens (tertiary/aromatic N) is 2. The molecular weight excluding hydrogens is 521 g/mol. The van der Waals surface area contributed by atoms with E-state index in [0.29, 0.717) is 22.3 Å². The average Bonchev–Trinajstić information content (AvgIpc) is 3.19. The first-order chi connectivity index (χ1) is 18.4. The molecule has 2 saturated heterocycles. The van der Waals surface area contributed by atoms with Gasteiger partial charge in [0.25, 0.3) is 0 Å². The van der Waals surface area contributed by atoms with Crippen molar-refractivity contribution in [3.63, 3.8) is 0 Å². The SMILES string of the molecule is C/C=C(/CC)[C@H]1N(CCCN2CCOCC2)C(=O)C[C@@H](c2cccc(Cl)c2)[C@]12C(=O)Nc1cc(Cl)ccc12. The van der Waals surface area contributed by atoms with Crippen molar-refractivity contribution in [2.45, 2.75) is 50.5 Å². The van der Waals surface area contributed by atoms with Crippen molar-refractivity contribution in [3.8, 4) is 0 Å². The summed E-state index contributed by atoms with van der Waals surface area (Å²) in [6.07, 6.45) is 3.87. The van der Waals surface area contributed by atoms with Gasteiger partial charge in [0.1, 0.15) is 5.41 Å². The van der Waals surface area contributed by atoms with E-state index in [1.807, 2.05) is 54.3 Å². The number of carbonyl (C=O) groups is 2. The fourth-order valence-electron chi connectivity index (χ4n) is 6.67. The number of allylic oxidation sites excluding steroid dienone is 1. The second-order valence-corrected chi connectivity index (χ2v) is 11.2. The second-order valence-electron chi connectivity index (χ2n) is 10.3. The van der Waals surface area contributed by atoms with Gasteiger partial charge in [0.15, 0.2) is 0 Å². The van der Waals surface area contributed by atoms with Gasteiger partial charge >= 0.3 is 0 Å². The lowest BCUT2D eigenvalue weighted by Crippen LogP contribution is -2.64. The van der Waals surface area contributed by atoms with Gasteiger partial charge in [0.2, 0.25) is 11.8 Å². The Morgan fingerprint density at radius 3 is 2.58 bits per heavy atom. The number of amides is 2. The van der Waals surface area contributed by atoms with Crippen LogP contribution in [0.5, 0.6) is 0 Å². The molecule has 0 unspecified atom stereocenters. The fourth-order valence-corrected chi connectivity index (χ4v) is 7.05. The molecule has 3 aliphatic rings. The molecule has 202 valence electrons. The normalized spacial score (nSPS) is 26.1. The Bertz CT molecular complexity index is 1240. The highest BCUT2D eigenvalue weighted by Crippen LogP contribution is 2.57. The number of nitrogens with one attached hydrogen (secondary N) is 1. The first-order valence-electron chi connectivity index (χ1n) is 13.5. The zero-order valence-corrected chi connectivity index (χ0v) is 23.5. The minimum atomic E-state index is -1.00. The molecule has 3 heterocycles. The Morgan fingerprint density at radius 2 is 1.87 bits per heavy atom. The summed E-state index contributed by atoms with van der Waals surface area (Å²) in [4.78, 5) is 32.7. The fraction of sp³-hybridized carbons (Fsp3) is 0.467. The van der Waals surface area contributed by atoms with E-state index in [0.717, 1.165) is 62.4 Å². The summed E-state index contributed by atoms with van der Waals surface area (Å²) in [6.45, 7) is 8.87. The number of hydrogen-bond acceptors (Lipinski definition) is 4. The van der Waals surface area contributed by atoms with Crippen LogP contribution in [0, 0.1) is 0 Å². The van der Waals surface area contributed by atoms with Gasteiger partial charge in [-0.05, 0) is 55.2 Å². The molecular formula is C30H35Cl2N3O3. The van der Waals surface area contributed by atoms with Crippen LogP contribution in [-0.4, -0.2) is 67.0 Å². The highest BCUT2D eigenvalue weighted by atomic mass is 35.5. The number of fused-ring (bicyclic) bond motifs is 2. The van der Waals surface area contributed by atoms with E-state index < -0.39 is 11.5 Å². The Kier molecular flexibility index (Phi) is 8.15. The summed E-state index contributed by atoms with van der Waals surface area (Å²) in [6, 6.07) is 12.8. The molecule has 3 aliphatic heterocycles. The number of morpholine rings is 1. The van der Waals surface area contributed by atoms with Crippen molar-refractivity contribution >= 4 is 40.7 Å². The van der Waals surface area contributed by atoms with Crippen LogP contribution < -0.4 is 5.32 Å². The van der Waals surface area contributed by atoms with E-state index in [4.69, 9.17) is 27.9 Å². The molecule has 2 aromatic carbocycles. The molecule has 0 radical (unpaired) electrons. The zero-order valence-electron chi connectivity index (χ0n) is 22.0. The largest absolute Gasteiger partial charge is 0.379 e. The van der Waals surface area contributed by atoms with E-state index >= 15 is 0 Å². The standard InChI is InChI=1S/C30H35Cl2N3O3/c1-3-20(4-2)28-30(24-10-9-23(32)18-26(24)33-29(30)37)25(21-7-5-8-22(31)17-21)19-27(36)35(28)12-6-11-34-13-15-38-16-14-34/h3,5,7-10,17-18,25,28H,4,6,11-16,19H2,1-2H3,(H,33,37)/b20-3-/t25-,28+,30-/m0/s1. The molecule has 1 N–H and O–H groups in total. The third kappa shape index (κ3) is 4.77. The van der Waals surface area contributed by atoms with Gasteiger partial charge in [-0.25, -0.2) is 0 Å². The van der Waals surface area contributed by atoms with Gasteiger partial charge in [0, 0.05) is 54.3 Å². The minimum absolute atomic E-state index is 0.0654. The van der Waals surface area contributed by atoms with E-state index in [1.165, 1.54) is 0 Å². The monoisotopic (exact) mass is 555 g/mol. The van der Waals surface area contributed by atoms with E-state index in [2.05, 4.69) is 23.2 Å². The number of hydrogen-bond donors (Lipinski definition) is 1. The van der Waals surface area contributed by atoms with Crippen LogP contribution in [0.25, 0.3) is 0 Å². The number of carbonyl (C=O) groups excluding carboxylic acids is 2. The number of rotatable bonds is 7. The highest BCUT2D eigenvalue weighted by molar-refractivity contribution is 6.31. The maximum atomic E-state index is 14.3. The van der Waals surface area contributed by atoms with Gasteiger partial charge in [-0.3, -0.25) is 14.5 Å². The van der Waals surface area contributed by atoms with Crippen LogP contribution in [-0.2, 0) is 19.7 Å². The molecule has 8 heteroatoms. The van der Waals surface area contributed by atoms with Gasteiger partial charge < -0.3 is 15.0 Å². The lowest BCUT2D eigenvalue weighted by molar-refractivity contribution is -0.143. The second kappa shape index (κ2) is 11.4. The summed E-state index contributed by atoms with van der Waals surface area (Å²) < 4.78 is 5.49. The molecule has 0 saturated carbocycles. The Morgan fingerprint density at radius 1 is 1.11 bits per heavy atom. The molecule has 1 spiro atoms. The lowest BCUT2D eigenvalue weighted by atomic mass is 9.58. The summed E-state index contributed by atoms with van der Waals surface area (Å²) in [5, 5.41) is 4.30. The minimum Gasteiger partial charge on any atom is -0.379 e. The Hall–Kier alpha value is -2.38. The lowest BCUT2D eigenvalue weighted by Gasteiger charge is -2.52. The maximum Gasteiger partial charge on any atom is 0.238 e. The smallest absolute Gasteiger partial charge is 0.238 e. The van der Waals surface area contributed by atoms with Crippen LogP contribution in [0.3, 0.4) is 0 Å². The van der Waals surface area contributed by atoms with Crippen LogP contribution in [0.2, 0.25) is 10.0 Å². The first kappa shape index (κ1) is 27.2. The number of ether oxygens (including phenoxy) is 1. The molecule has 3 atom stereocenters. The molecule has 6 nitrogen and oxygen atoms in total. The summed E-state index contributed by atoms with van der Waals surface area (Å²) >= 11 is 12.8. The third-order valence-electron chi connectivity index (χ3n) is 8.40. The molecule has 5 rings (SSSR count). The molecule has 2 aromatic rings. The predicted molar refractivity (Wildman–Crippen MR) is 152 cm³/mol. The predicted octanol–water partition coefficient (Wildman–Crippen LogP) is 5.65. The van der Waals surface area contributed by atoms with Gasteiger partial charge in [0.05, 0.1) is 19.3 Å². The van der Waals surface area contributed by atoms with E-state index in [9.17, 15) is 9.59 Å². The van der Waals surface area contributed by atoms with E-state index in [1.54, 1.807) is 0 Å². The van der Waals surface area contributed by atoms with Crippen molar-refractivity contribution in [1.82, 2.24) is 9.80 Å². The Balaban J connectivity index is 1.63. The van der Waals surface area contributed by atoms with Crippen molar-refractivity contribution in [1.29, 1.82) is 0 Å².